The molecule has 0 aliphatic rings. The molecule has 25 heavy (non-hydrogen) atoms. The van der Waals surface area contributed by atoms with E-state index in [0.717, 1.165) is 12.0 Å². The summed E-state index contributed by atoms with van der Waals surface area (Å²) in [5.41, 5.74) is 1.13. The van der Waals surface area contributed by atoms with Crippen LogP contribution in [0.1, 0.15) is 64.4 Å². The highest BCUT2D eigenvalue weighted by Gasteiger charge is 2.39. The van der Waals surface area contributed by atoms with Crippen molar-refractivity contribution >= 4 is 10.8 Å². The lowest BCUT2D eigenvalue weighted by Gasteiger charge is -2.38. The Labute approximate surface area is 153 Å². The van der Waals surface area contributed by atoms with Gasteiger partial charge >= 0.3 is 0 Å². The summed E-state index contributed by atoms with van der Waals surface area (Å²) < 4.78 is 12.0. The molecule has 2 heteroatoms. The quantitative estimate of drug-likeness (QED) is 0.335. The van der Waals surface area contributed by atoms with Crippen molar-refractivity contribution in [2.24, 2.45) is 5.92 Å². The highest BCUT2D eigenvalue weighted by molar-refractivity contribution is 5.86. The maximum atomic E-state index is 6.02. The molecule has 2 aromatic carbocycles. The second kappa shape index (κ2) is 9.94. The summed E-state index contributed by atoms with van der Waals surface area (Å²) in [6, 6.07) is 14.9. The molecule has 0 saturated carbocycles. The largest absolute Gasteiger partial charge is 0.349 e. The molecule has 0 amide bonds. The zero-order valence-corrected chi connectivity index (χ0v) is 16.4. The van der Waals surface area contributed by atoms with Crippen LogP contribution >= 0.6 is 0 Å². The molecule has 0 aliphatic carbocycles. The van der Waals surface area contributed by atoms with Gasteiger partial charge < -0.3 is 9.47 Å². The lowest BCUT2D eigenvalue weighted by Crippen LogP contribution is -2.38. The zero-order chi connectivity index (χ0) is 18.1. The van der Waals surface area contributed by atoms with Gasteiger partial charge in [-0.25, -0.2) is 0 Å². The Morgan fingerprint density at radius 1 is 0.840 bits per heavy atom. The third-order valence-corrected chi connectivity index (χ3v) is 5.41. The third kappa shape index (κ3) is 4.62. The maximum absolute atomic E-state index is 6.02. The molecule has 1 atom stereocenters. The molecule has 0 aliphatic heterocycles. The smallest absolute Gasteiger partial charge is 0.197 e. The van der Waals surface area contributed by atoms with Crippen LogP contribution in [-0.4, -0.2) is 14.2 Å². The Morgan fingerprint density at radius 3 is 2.20 bits per heavy atom. The van der Waals surface area contributed by atoms with Gasteiger partial charge in [0.1, 0.15) is 0 Å². The van der Waals surface area contributed by atoms with Crippen molar-refractivity contribution in [2.75, 3.05) is 14.2 Å². The summed E-state index contributed by atoms with van der Waals surface area (Å²) in [5, 5.41) is 2.44. The molecular weight excluding hydrogens is 308 g/mol. The van der Waals surface area contributed by atoms with E-state index in [0.29, 0.717) is 5.92 Å². The van der Waals surface area contributed by atoms with Gasteiger partial charge in [0.2, 0.25) is 0 Å². The fourth-order valence-electron chi connectivity index (χ4n) is 3.92. The fraction of sp³-hybridized carbons (Fsp3) is 0.565. The molecule has 2 nitrogen and oxygen atoms in total. The molecular formula is C23H34O2. The van der Waals surface area contributed by atoms with Gasteiger partial charge in [0.15, 0.2) is 5.79 Å². The lowest BCUT2D eigenvalue weighted by atomic mass is 9.86. The van der Waals surface area contributed by atoms with Gasteiger partial charge in [-0.1, -0.05) is 94.8 Å². The van der Waals surface area contributed by atoms with Crippen molar-refractivity contribution < 1.29 is 9.47 Å². The van der Waals surface area contributed by atoms with Crippen LogP contribution in [0, 0.1) is 5.92 Å². The van der Waals surface area contributed by atoms with Crippen LogP contribution in [0.3, 0.4) is 0 Å². The van der Waals surface area contributed by atoms with Gasteiger partial charge in [0.25, 0.3) is 0 Å². The van der Waals surface area contributed by atoms with Crippen LogP contribution in [0.4, 0.5) is 0 Å². The fourth-order valence-corrected chi connectivity index (χ4v) is 3.92. The second-order valence-electron chi connectivity index (χ2n) is 7.06. The SMILES string of the molecule is CCCCCCCCC(C)C(OC)(OC)c1cccc2ccccc12. The number of rotatable bonds is 11. The number of ether oxygens (including phenoxy) is 2. The standard InChI is InChI=1S/C23H34O2/c1-5-6-7-8-9-10-14-19(2)23(24-3,25-4)22-18-13-16-20-15-11-12-17-21(20)22/h11-13,15-19H,5-10,14H2,1-4H3. The van der Waals surface area contributed by atoms with Crippen LogP contribution < -0.4 is 0 Å². The first-order valence-electron chi connectivity index (χ1n) is 9.78. The Balaban J connectivity index is 2.16. The minimum absolute atomic E-state index is 0.291. The predicted molar refractivity (Wildman–Crippen MR) is 107 cm³/mol. The van der Waals surface area contributed by atoms with Gasteiger partial charge in [-0.2, -0.15) is 0 Å². The first-order valence-corrected chi connectivity index (χ1v) is 9.78. The Bertz CT molecular complexity index is 626. The summed E-state index contributed by atoms with van der Waals surface area (Å²) in [6.45, 7) is 4.51. The summed E-state index contributed by atoms with van der Waals surface area (Å²) >= 11 is 0. The van der Waals surface area contributed by atoms with Crippen molar-refractivity contribution in [3.8, 4) is 0 Å². The molecule has 1 unspecified atom stereocenters. The van der Waals surface area contributed by atoms with Crippen LogP contribution in [0.5, 0.6) is 0 Å². The van der Waals surface area contributed by atoms with Crippen LogP contribution in [0.15, 0.2) is 42.5 Å². The number of benzene rings is 2. The number of fused-ring (bicyclic) bond motifs is 1. The highest BCUT2D eigenvalue weighted by Crippen LogP contribution is 2.40. The van der Waals surface area contributed by atoms with E-state index in [2.05, 4.69) is 56.3 Å². The van der Waals surface area contributed by atoms with Crippen molar-refractivity contribution in [2.45, 2.75) is 64.6 Å². The first kappa shape index (κ1) is 19.9. The van der Waals surface area contributed by atoms with E-state index in [1.165, 1.54) is 49.3 Å². The summed E-state index contributed by atoms with van der Waals surface area (Å²) in [7, 11) is 3.53. The highest BCUT2D eigenvalue weighted by atomic mass is 16.7. The van der Waals surface area contributed by atoms with E-state index in [1.54, 1.807) is 14.2 Å². The molecule has 0 radical (unpaired) electrons. The number of hydrogen-bond acceptors (Lipinski definition) is 2. The van der Waals surface area contributed by atoms with Gasteiger partial charge in [0.05, 0.1) is 0 Å². The number of unbranched alkanes of at least 4 members (excludes halogenated alkanes) is 5. The average Bonchev–Trinajstić information content (AvgIpc) is 2.66. The zero-order valence-electron chi connectivity index (χ0n) is 16.4. The van der Waals surface area contributed by atoms with Crippen LogP contribution in [0.2, 0.25) is 0 Å². The van der Waals surface area contributed by atoms with E-state index < -0.39 is 5.79 Å². The van der Waals surface area contributed by atoms with Crippen molar-refractivity contribution in [3.05, 3.63) is 48.0 Å². The average molecular weight is 343 g/mol. The molecule has 138 valence electrons. The molecule has 0 fully saturated rings. The van der Waals surface area contributed by atoms with Crippen LogP contribution in [0.25, 0.3) is 10.8 Å². The van der Waals surface area contributed by atoms with E-state index in [-0.39, 0.29) is 0 Å². The number of hydrogen-bond donors (Lipinski definition) is 0. The van der Waals surface area contributed by atoms with Crippen molar-refractivity contribution in [1.29, 1.82) is 0 Å². The van der Waals surface area contributed by atoms with E-state index in [1.807, 2.05) is 0 Å². The molecule has 0 bridgehead atoms. The van der Waals surface area contributed by atoms with E-state index >= 15 is 0 Å². The molecule has 0 saturated heterocycles. The minimum atomic E-state index is -0.690. The van der Waals surface area contributed by atoms with E-state index in [9.17, 15) is 0 Å². The molecule has 2 aromatic rings. The molecule has 0 aromatic heterocycles. The summed E-state index contributed by atoms with van der Waals surface area (Å²) in [5.74, 6) is -0.399. The maximum Gasteiger partial charge on any atom is 0.197 e. The van der Waals surface area contributed by atoms with E-state index in [4.69, 9.17) is 9.47 Å². The van der Waals surface area contributed by atoms with Gasteiger partial charge in [-0.3, -0.25) is 0 Å². The van der Waals surface area contributed by atoms with Crippen LogP contribution in [-0.2, 0) is 15.3 Å². The Morgan fingerprint density at radius 2 is 1.48 bits per heavy atom. The van der Waals surface area contributed by atoms with Gasteiger partial charge in [-0.15, -0.1) is 0 Å². The Hall–Kier alpha value is -1.38. The molecule has 2 rings (SSSR count). The summed E-state index contributed by atoms with van der Waals surface area (Å²) in [6.07, 6.45) is 8.97. The normalized spacial score (nSPS) is 13.3. The van der Waals surface area contributed by atoms with Gasteiger partial charge in [0, 0.05) is 25.7 Å². The monoisotopic (exact) mass is 342 g/mol. The molecule has 0 N–H and O–H groups in total. The Kier molecular flexibility index (Phi) is 7.92. The topological polar surface area (TPSA) is 18.5 Å². The molecule has 0 spiro atoms. The second-order valence-corrected chi connectivity index (χ2v) is 7.06. The predicted octanol–water partition coefficient (Wildman–Crippen LogP) is 6.67. The lowest BCUT2D eigenvalue weighted by molar-refractivity contribution is -0.247. The summed E-state index contributed by atoms with van der Waals surface area (Å²) in [4.78, 5) is 0. The molecule has 0 heterocycles. The third-order valence-electron chi connectivity index (χ3n) is 5.41. The minimum Gasteiger partial charge on any atom is -0.349 e. The van der Waals surface area contributed by atoms with Crippen molar-refractivity contribution in [3.63, 3.8) is 0 Å². The van der Waals surface area contributed by atoms with Gasteiger partial charge in [-0.05, 0) is 17.2 Å². The number of methoxy groups -OCH3 is 2. The van der Waals surface area contributed by atoms with Crippen molar-refractivity contribution in [1.82, 2.24) is 0 Å². The first-order chi connectivity index (χ1) is 12.2.